The van der Waals surface area contributed by atoms with Crippen molar-refractivity contribution in [1.82, 2.24) is 14.5 Å². The Hall–Kier alpha value is -2.29. The summed E-state index contributed by atoms with van der Waals surface area (Å²) in [6, 6.07) is 15.8. The molecule has 6 nitrogen and oxygen atoms in total. The third-order valence-corrected chi connectivity index (χ3v) is 7.36. The maximum atomic E-state index is 12.3. The summed E-state index contributed by atoms with van der Waals surface area (Å²) in [5.74, 6) is 0.331. The lowest BCUT2D eigenvalue weighted by Crippen LogP contribution is -2.27. The summed E-state index contributed by atoms with van der Waals surface area (Å²) in [6.07, 6.45) is 4.81. The van der Waals surface area contributed by atoms with Crippen molar-refractivity contribution in [3.8, 4) is 0 Å². The normalized spacial score (nSPS) is 16.7. The van der Waals surface area contributed by atoms with Crippen LogP contribution in [-0.4, -0.2) is 42.4 Å². The molecule has 0 bridgehead atoms. The summed E-state index contributed by atoms with van der Waals surface area (Å²) >= 11 is 3.56. The van der Waals surface area contributed by atoms with Gasteiger partial charge in [0.15, 0.2) is 14.9 Å². The molecule has 1 aliphatic rings. The van der Waals surface area contributed by atoms with E-state index in [0.29, 0.717) is 11.6 Å². The average molecular weight is 500 g/mol. The van der Waals surface area contributed by atoms with E-state index in [4.69, 9.17) is 4.74 Å². The van der Waals surface area contributed by atoms with Crippen molar-refractivity contribution in [3.63, 3.8) is 0 Å². The van der Waals surface area contributed by atoms with Gasteiger partial charge in [0.1, 0.15) is 5.65 Å². The summed E-state index contributed by atoms with van der Waals surface area (Å²) in [4.78, 5) is 9.30. The van der Waals surface area contributed by atoms with Crippen LogP contribution in [0.2, 0.25) is 0 Å². The van der Waals surface area contributed by atoms with E-state index in [1.165, 1.54) is 11.8 Å². The van der Waals surface area contributed by atoms with Crippen LogP contribution in [0.25, 0.3) is 22.1 Å². The fraction of sp³-hybridized carbons (Fsp3) is 0.304. The summed E-state index contributed by atoms with van der Waals surface area (Å²) in [7, 11) is -3.45. The fourth-order valence-corrected chi connectivity index (χ4v) is 5.42. The molecule has 0 amide bonds. The van der Waals surface area contributed by atoms with Gasteiger partial charge in [-0.15, -0.1) is 0 Å². The van der Waals surface area contributed by atoms with Gasteiger partial charge in [0, 0.05) is 35.5 Å². The molecule has 3 aromatic heterocycles. The number of halogens is 1. The highest BCUT2D eigenvalue weighted by molar-refractivity contribution is 9.10. The van der Waals surface area contributed by atoms with Crippen LogP contribution >= 0.6 is 15.9 Å². The molecule has 8 heteroatoms. The monoisotopic (exact) mass is 499 g/mol. The molecule has 0 saturated carbocycles. The largest absolute Gasteiger partial charge is 0.381 e. The van der Waals surface area contributed by atoms with Gasteiger partial charge in [-0.3, -0.25) is 4.98 Å². The zero-order valence-corrected chi connectivity index (χ0v) is 19.4. The van der Waals surface area contributed by atoms with E-state index in [1.807, 2.05) is 30.3 Å². The lowest BCUT2D eigenvalue weighted by atomic mass is 9.86. The van der Waals surface area contributed by atoms with Crippen LogP contribution < -0.4 is 0 Å². The van der Waals surface area contributed by atoms with Crippen molar-refractivity contribution in [2.24, 2.45) is 5.92 Å². The van der Waals surface area contributed by atoms with Crippen molar-refractivity contribution >= 4 is 47.8 Å². The minimum atomic E-state index is -3.45. The van der Waals surface area contributed by atoms with E-state index in [2.05, 4.69) is 42.6 Å². The molecule has 0 unspecified atom stereocenters. The molecule has 1 fully saturated rings. The number of fused-ring (bicyclic) bond motifs is 3. The maximum absolute atomic E-state index is 12.3. The zero-order chi connectivity index (χ0) is 21.6. The highest BCUT2D eigenvalue weighted by Gasteiger charge is 2.31. The van der Waals surface area contributed by atoms with Crippen LogP contribution in [-0.2, 0) is 14.6 Å². The number of pyridine rings is 2. The molecule has 4 aromatic rings. The van der Waals surface area contributed by atoms with Crippen LogP contribution in [0, 0.1) is 5.92 Å². The van der Waals surface area contributed by atoms with Crippen molar-refractivity contribution in [1.29, 1.82) is 0 Å². The molecule has 0 spiro atoms. The van der Waals surface area contributed by atoms with Gasteiger partial charge >= 0.3 is 0 Å². The molecule has 1 saturated heterocycles. The molecular weight excluding hydrogens is 478 g/mol. The predicted molar refractivity (Wildman–Crippen MR) is 124 cm³/mol. The Balaban J connectivity index is 1.87. The Bertz CT molecular complexity index is 1360. The molecular formula is C23H22BrN3O3S. The maximum Gasteiger partial charge on any atom is 0.192 e. The van der Waals surface area contributed by atoms with Gasteiger partial charge in [-0.1, -0.05) is 30.3 Å². The molecule has 0 aliphatic carbocycles. The topological polar surface area (TPSA) is 74.1 Å². The second-order valence-corrected chi connectivity index (χ2v) is 10.9. The third kappa shape index (κ3) is 3.77. The number of sulfone groups is 1. The van der Waals surface area contributed by atoms with Gasteiger partial charge < -0.3 is 9.30 Å². The summed E-state index contributed by atoms with van der Waals surface area (Å²) < 4.78 is 33.3. The van der Waals surface area contributed by atoms with Crippen molar-refractivity contribution in [2.75, 3.05) is 19.5 Å². The van der Waals surface area contributed by atoms with Gasteiger partial charge in [0.2, 0.25) is 0 Å². The Labute approximate surface area is 189 Å². The highest BCUT2D eigenvalue weighted by atomic mass is 79.9. The van der Waals surface area contributed by atoms with Crippen LogP contribution in [0.5, 0.6) is 0 Å². The number of nitrogens with zero attached hydrogens (tertiary/aromatic N) is 3. The Morgan fingerprint density at radius 3 is 2.58 bits per heavy atom. The van der Waals surface area contributed by atoms with E-state index < -0.39 is 9.84 Å². The number of benzene rings is 1. The molecule has 0 radical (unpaired) electrons. The van der Waals surface area contributed by atoms with Crippen LogP contribution in [0.3, 0.4) is 0 Å². The SMILES string of the molecule is CS(=O)(=O)c1ccc2c3ncc(Br)cc3n([C@H](c3ccccc3)C3CCOCC3)c2n1. The molecule has 1 atom stereocenters. The highest BCUT2D eigenvalue weighted by Crippen LogP contribution is 2.40. The second kappa shape index (κ2) is 8.00. The number of ether oxygens (including phenoxy) is 1. The minimum absolute atomic E-state index is 0.0106. The Morgan fingerprint density at radius 2 is 1.87 bits per heavy atom. The predicted octanol–water partition coefficient (Wildman–Crippen LogP) is 4.77. The lowest BCUT2D eigenvalue weighted by Gasteiger charge is -2.32. The third-order valence-electron chi connectivity index (χ3n) is 5.94. The van der Waals surface area contributed by atoms with Gasteiger partial charge in [-0.25, -0.2) is 13.4 Å². The van der Waals surface area contributed by atoms with Gasteiger partial charge in [-0.05, 0) is 58.5 Å². The van der Waals surface area contributed by atoms with Crippen molar-refractivity contribution in [2.45, 2.75) is 23.9 Å². The summed E-state index contributed by atoms with van der Waals surface area (Å²) in [6.45, 7) is 1.43. The van der Waals surface area contributed by atoms with Crippen LogP contribution in [0.4, 0.5) is 0 Å². The first kappa shape index (κ1) is 20.6. The van der Waals surface area contributed by atoms with Gasteiger partial charge in [0.25, 0.3) is 0 Å². The van der Waals surface area contributed by atoms with E-state index in [9.17, 15) is 8.42 Å². The number of aromatic nitrogens is 3. The first-order valence-corrected chi connectivity index (χ1v) is 12.9. The smallest absolute Gasteiger partial charge is 0.192 e. The van der Waals surface area contributed by atoms with E-state index >= 15 is 0 Å². The van der Waals surface area contributed by atoms with Crippen molar-refractivity contribution < 1.29 is 13.2 Å². The van der Waals surface area contributed by atoms with Gasteiger partial charge in [0.05, 0.1) is 17.1 Å². The standard InChI is InChI=1S/C23H22BrN3O3S/c1-31(28,29)20-8-7-18-21-19(13-17(24)14-25-21)27(23(18)26-20)22(15-5-3-2-4-6-15)16-9-11-30-12-10-16/h2-8,13-14,16,22H,9-12H2,1H3/t22-/m1/s1. The second-order valence-electron chi connectivity index (χ2n) is 7.99. The molecule has 4 heterocycles. The van der Waals surface area contributed by atoms with Crippen molar-refractivity contribution in [3.05, 3.63) is 64.8 Å². The molecule has 1 aromatic carbocycles. The Kier molecular flexibility index (Phi) is 5.32. The molecule has 160 valence electrons. The number of hydrogen-bond acceptors (Lipinski definition) is 5. The molecule has 5 rings (SSSR count). The fourth-order valence-electron chi connectivity index (χ4n) is 4.54. The van der Waals surface area contributed by atoms with Crippen LogP contribution in [0.15, 0.2) is 64.2 Å². The van der Waals surface area contributed by atoms with E-state index in [1.54, 1.807) is 12.3 Å². The summed E-state index contributed by atoms with van der Waals surface area (Å²) in [5, 5.41) is 0.921. The van der Waals surface area contributed by atoms with Crippen LogP contribution in [0.1, 0.15) is 24.4 Å². The van der Waals surface area contributed by atoms with E-state index in [0.717, 1.165) is 46.9 Å². The average Bonchev–Trinajstić information content (AvgIpc) is 3.08. The summed E-state index contributed by atoms with van der Waals surface area (Å²) in [5.41, 5.74) is 3.56. The zero-order valence-electron chi connectivity index (χ0n) is 17.0. The first-order chi connectivity index (χ1) is 14.9. The quantitative estimate of drug-likeness (QED) is 0.404. The molecule has 0 N–H and O–H groups in total. The minimum Gasteiger partial charge on any atom is -0.381 e. The lowest BCUT2D eigenvalue weighted by molar-refractivity contribution is 0.0552. The molecule has 1 aliphatic heterocycles. The van der Waals surface area contributed by atoms with Gasteiger partial charge in [-0.2, -0.15) is 0 Å². The molecule has 31 heavy (non-hydrogen) atoms. The number of hydrogen-bond donors (Lipinski definition) is 0. The Morgan fingerprint density at radius 1 is 1.13 bits per heavy atom. The number of rotatable bonds is 4. The van der Waals surface area contributed by atoms with E-state index in [-0.39, 0.29) is 11.1 Å². The first-order valence-electron chi connectivity index (χ1n) is 10.2.